The highest BCUT2D eigenvalue weighted by Crippen LogP contribution is 2.35. The predicted molar refractivity (Wildman–Crippen MR) is 112 cm³/mol. The van der Waals surface area contributed by atoms with Crippen molar-refractivity contribution < 1.29 is 13.2 Å². The third-order valence-electron chi connectivity index (χ3n) is 3.51. The standard InChI is InChI=1S/C18H16BrN3O3S2/c1-21(2)12-16-17(23)22(14-6-4-3-5-7-14)18(26-16)20-27(24,25)15-10-8-13(19)9-11-15/h3-12H,1-2H3/b16-12+,20-18-. The molecule has 1 heterocycles. The zero-order chi connectivity index (χ0) is 19.6. The molecule has 1 saturated heterocycles. The summed E-state index contributed by atoms with van der Waals surface area (Å²) in [6, 6.07) is 15.0. The molecule has 0 atom stereocenters. The van der Waals surface area contributed by atoms with Crippen molar-refractivity contribution in [2.24, 2.45) is 4.40 Å². The van der Waals surface area contributed by atoms with Crippen LogP contribution in [0.25, 0.3) is 0 Å². The number of halogens is 1. The summed E-state index contributed by atoms with van der Waals surface area (Å²) in [7, 11) is -0.379. The molecule has 0 saturated carbocycles. The Morgan fingerprint density at radius 1 is 1.07 bits per heavy atom. The number of rotatable bonds is 4. The Labute approximate surface area is 170 Å². The first-order chi connectivity index (χ1) is 12.8. The van der Waals surface area contributed by atoms with Crippen LogP contribution >= 0.6 is 27.7 Å². The van der Waals surface area contributed by atoms with Crippen LogP contribution in [0, 0.1) is 0 Å². The molecule has 0 spiro atoms. The van der Waals surface area contributed by atoms with Gasteiger partial charge >= 0.3 is 0 Å². The molecule has 0 bridgehead atoms. The Kier molecular flexibility index (Phi) is 5.73. The Morgan fingerprint density at radius 3 is 2.30 bits per heavy atom. The smallest absolute Gasteiger partial charge is 0.284 e. The van der Waals surface area contributed by atoms with Crippen LogP contribution in [-0.2, 0) is 14.8 Å². The van der Waals surface area contributed by atoms with Gasteiger partial charge in [-0.3, -0.25) is 9.69 Å². The SMILES string of the molecule is CN(C)/C=C1/S/C(=N\S(=O)(=O)c2ccc(Br)cc2)N(c2ccccc2)C1=O. The summed E-state index contributed by atoms with van der Waals surface area (Å²) in [6.45, 7) is 0. The number of para-hydroxylation sites is 1. The van der Waals surface area contributed by atoms with Gasteiger partial charge < -0.3 is 4.90 Å². The molecule has 27 heavy (non-hydrogen) atoms. The van der Waals surface area contributed by atoms with E-state index in [0.29, 0.717) is 10.6 Å². The second-order valence-electron chi connectivity index (χ2n) is 5.84. The van der Waals surface area contributed by atoms with E-state index in [1.54, 1.807) is 61.6 Å². The third-order valence-corrected chi connectivity index (χ3v) is 6.39. The number of sulfonamides is 1. The fourth-order valence-corrected chi connectivity index (χ4v) is 4.83. The monoisotopic (exact) mass is 465 g/mol. The summed E-state index contributed by atoms with van der Waals surface area (Å²) in [4.78, 5) is 16.4. The van der Waals surface area contributed by atoms with E-state index in [2.05, 4.69) is 20.3 Å². The molecule has 2 aromatic rings. The number of carbonyl (C=O) groups excluding carboxylic acids is 1. The largest absolute Gasteiger partial charge is 0.382 e. The van der Waals surface area contributed by atoms with E-state index >= 15 is 0 Å². The second kappa shape index (κ2) is 7.87. The fourth-order valence-electron chi connectivity index (χ4n) is 2.33. The van der Waals surface area contributed by atoms with E-state index in [9.17, 15) is 13.2 Å². The lowest BCUT2D eigenvalue weighted by molar-refractivity contribution is -0.113. The van der Waals surface area contributed by atoms with E-state index in [1.807, 2.05) is 6.07 Å². The second-order valence-corrected chi connectivity index (χ2v) is 9.37. The molecule has 1 amide bonds. The van der Waals surface area contributed by atoms with Crippen LogP contribution in [0.15, 0.2) is 79.5 Å². The number of amidine groups is 1. The van der Waals surface area contributed by atoms with Crippen molar-refractivity contribution in [3.63, 3.8) is 0 Å². The van der Waals surface area contributed by atoms with Crippen molar-refractivity contribution in [1.82, 2.24) is 4.90 Å². The number of anilines is 1. The van der Waals surface area contributed by atoms with Gasteiger partial charge in [-0.1, -0.05) is 34.1 Å². The number of thioether (sulfide) groups is 1. The van der Waals surface area contributed by atoms with Crippen molar-refractivity contribution >= 4 is 54.5 Å². The summed E-state index contributed by atoms with van der Waals surface area (Å²) in [5.41, 5.74) is 0.557. The Morgan fingerprint density at radius 2 is 1.70 bits per heavy atom. The molecule has 9 heteroatoms. The molecule has 0 aromatic heterocycles. The minimum Gasteiger partial charge on any atom is -0.382 e. The number of hydrogen-bond donors (Lipinski definition) is 0. The molecule has 0 aliphatic carbocycles. The third kappa shape index (κ3) is 4.42. The van der Waals surface area contributed by atoms with Crippen LogP contribution in [0.1, 0.15) is 0 Å². The molecule has 6 nitrogen and oxygen atoms in total. The normalized spacial score (nSPS) is 17.7. The zero-order valence-corrected chi connectivity index (χ0v) is 17.8. The maximum absolute atomic E-state index is 12.8. The maximum Gasteiger partial charge on any atom is 0.284 e. The maximum atomic E-state index is 12.8. The highest BCUT2D eigenvalue weighted by molar-refractivity contribution is 9.10. The van der Waals surface area contributed by atoms with Crippen LogP contribution in [0.2, 0.25) is 0 Å². The van der Waals surface area contributed by atoms with Gasteiger partial charge in [0.1, 0.15) is 0 Å². The molecule has 0 radical (unpaired) electrons. The van der Waals surface area contributed by atoms with Crippen LogP contribution in [0.5, 0.6) is 0 Å². The minimum atomic E-state index is -3.97. The summed E-state index contributed by atoms with van der Waals surface area (Å²) in [5.74, 6) is -0.315. The Balaban J connectivity index is 2.08. The van der Waals surface area contributed by atoms with E-state index in [0.717, 1.165) is 16.2 Å². The van der Waals surface area contributed by atoms with Crippen molar-refractivity contribution in [1.29, 1.82) is 0 Å². The van der Waals surface area contributed by atoms with Gasteiger partial charge in [-0.2, -0.15) is 8.42 Å². The zero-order valence-electron chi connectivity index (χ0n) is 14.5. The van der Waals surface area contributed by atoms with Crippen LogP contribution in [-0.4, -0.2) is 38.5 Å². The predicted octanol–water partition coefficient (Wildman–Crippen LogP) is 3.68. The summed E-state index contributed by atoms with van der Waals surface area (Å²) in [5, 5.41) is 0.0993. The van der Waals surface area contributed by atoms with E-state index in [4.69, 9.17) is 0 Å². The summed E-state index contributed by atoms with van der Waals surface area (Å²) < 4.78 is 30.2. The first-order valence-electron chi connectivity index (χ1n) is 7.84. The Hall–Kier alpha value is -2.10. The number of carbonyl (C=O) groups is 1. The molecule has 0 N–H and O–H groups in total. The van der Waals surface area contributed by atoms with E-state index < -0.39 is 10.0 Å². The van der Waals surface area contributed by atoms with Crippen molar-refractivity contribution in [3.8, 4) is 0 Å². The number of amides is 1. The number of nitrogens with zero attached hydrogens (tertiary/aromatic N) is 3. The molecular weight excluding hydrogens is 450 g/mol. The average molecular weight is 466 g/mol. The van der Waals surface area contributed by atoms with Gasteiger partial charge in [-0.15, -0.1) is 4.40 Å². The molecule has 1 fully saturated rings. The minimum absolute atomic E-state index is 0.0595. The highest BCUT2D eigenvalue weighted by Gasteiger charge is 2.36. The lowest BCUT2D eigenvalue weighted by atomic mass is 10.3. The molecule has 3 rings (SSSR count). The summed E-state index contributed by atoms with van der Waals surface area (Å²) >= 11 is 4.31. The van der Waals surface area contributed by atoms with Gasteiger partial charge in [0.2, 0.25) is 0 Å². The first-order valence-corrected chi connectivity index (χ1v) is 10.9. The fraction of sp³-hybridized carbons (Fsp3) is 0.111. The van der Waals surface area contributed by atoms with Gasteiger partial charge in [0.15, 0.2) is 5.17 Å². The molecule has 1 aliphatic rings. The van der Waals surface area contributed by atoms with Crippen LogP contribution < -0.4 is 4.90 Å². The topological polar surface area (TPSA) is 70.1 Å². The van der Waals surface area contributed by atoms with Crippen molar-refractivity contribution in [3.05, 3.63) is 70.2 Å². The quantitative estimate of drug-likeness (QED) is 0.644. The first kappa shape index (κ1) is 19.7. The van der Waals surface area contributed by atoms with E-state index in [1.165, 1.54) is 17.0 Å². The van der Waals surface area contributed by atoms with Crippen LogP contribution in [0.3, 0.4) is 0 Å². The lowest BCUT2D eigenvalue weighted by Crippen LogP contribution is -2.29. The van der Waals surface area contributed by atoms with E-state index in [-0.39, 0.29) is 16.0 Å². The lowest BCUT2D eigenvalue weighted by Gasteiger charge is -2.15. The average Bonchev–Trinajstić information content (AvgIpc) is 2.90. The highest BCUT2D eigenvalue weighted by atomic mass is 79.9. The molecule has 0 unspecified atom stereocenters. The van der Waals surface area contributed by atoms with Gasteiger partial charge in [-0.05, 0) is 48.2 Å². The molecule has 1 aliphatic heterocycles. The van der Waals surface area contributed by atoms with Gasteiger partial charge in [0.25, 0.3) is 15.9 Å². The van der Waals surface area contributed by atoms with Gasteiger partial charge in [0.05, 0.1) is 15.5 Å². The Bertz CT molecular complexity index is 1020. The van der Waals surface area contributed by atoms with Crippen LogP contribution in [0.4, 0.5) is 5.69 Å². The molecular formula is C18H16BrN3O3S2. The number of hydrogen-bond acceptors (Lipinski definition) is 5. The molecule has 2 aromatic carbocycles. The summed E-state index contributed by atoms with van der Waals surface area (Å²) in [6.07, 6.45) is 1.65. The van der Waals surface area contributed by atoms with Gasteiger partial charge in [-0.25, -0.2) is 0 Å². The van der Waals surface area contributed by atoms with Crippen molar-refractivity contribution in [2.45, 2.75) is 4.90 Å². The van der Waals surface area contributed by atoms with Crippen molar-refractivity contribution in [2.75, 3.05) is 19.0 Å². The molecule has 140 valence electrons. The van der Waals surface area contributed by atoms with Gasteiger partial charge in [0, 0.05) is 24.8 Å². The number of benzene rings is 2.